The van der Waals surface area contributed by atoms with E-state index in [4.69, 9.17) is 9.47 Å². The van der Waals surface area contributed by atoms with Crippen molar-refractivity contribution in [1.29, 1.82) is 0 Å². The highest BCUT2D eigenvalue weighted by molar-refractivity contribution is 7.98. The first-order valence-corrected chi connectivity index (χ1v) is 17.2. The number of likely N-dealkylation sites (tertiary alicyclic amines) is 1. The average molecular weight is 647 g/mol. The molecule has 0 radical (unpaired) electrons. The number of carboxylic acid groups (broad SMARTS) is 1. The minimum absolute atomic E-state index is 0.309. The summed E-state index contributed by atoms with van der Waals surface area (Å²) in [6.07, 6.45) is 3.94. The fourth-order valence-electron chi connectivity index (χ4n) is 5.71. The van der Waals surface area contributed by atoms with E-state index in [1.807, 2.05) is 88.5 Å². The van der Waals surface area contributed by atoms with Crippen LogP contribution >= 0.6 is 11.8 Å². The topological polar surface area (TPSA) is 105 Å². The summed E-state index contributed by atoms with van der Waals surface area (Å²) >= 11 is 1.54. The molecule has 1 heterocycles. The first kappa shape index (κ1) is 35.0. The van der Waals surface area contributed by atoms with Crippen LogP contribution in [0.1, 0.15) is 67.1 Å². The van der Waals surface area contributed by atoms with Crippen LogP contribution in [0.15, 0.2) is 72.8 Å². The van der Waals surface area contributed by atoms with Gasteiger partial charge < -0.3 is 24.8 Å². The zero-order valence-electron chi connectivity index (χ0n) is 27.5. The summed E-state index contributed by atoms with van der Waals surface area (Å²) in [4.78, 5) is 40.0. The van der Waals surface area contributed by atoms with Gasteiger partial charge in [-0.05, 0) is 98.9 Å². The van der Waals surface area contributed by atoms with Crippen LogP contribution in [0.2, 0.25) is 0 Å². The van der Waals surface area contributed by atoms with Gasteiger partial charge in [-0.3, -0.25) is 4.79 Å². The Labute approximate surface area is 276 Å². The lowest BCUT2D eigenvalue weighted by Crippen LogP contribution is -2.50. The Morgan fingerprint density at radius 1 is 0.957 bits per heavy atom. The van der Waals surface area contributed by atoms with E-state index >= 15 is 0 Å². The third-order valence-corrected chi connectivity index (χ3v) is 8.86. The predicted molar refractivity (Wildman–Crippen MR) is 183 cm³/mol. The molecule has 3 aromatic rings. The van der Waals surface area contributed by atoms with Gasteiger partial charge in [0.2, 0.25) is 0 Å². The number of hydrogen-bond acceptors (Lipinski definition) is 6. The maximum atomic E-state index is 13.5. The Bertz CT molecular complexity index is 1500. The standard InChI is InChI=1S/C37H46N2O6S/c1-26-11-9-10-14-29(26)31-23-28(15-16-30(31)33(40)38-32(34(41)42)17-22-46-5)25-44-37(24-27-12-7-6-8-13-27)18-20-39(21-19-37)35(43)45-36(2,3)4/h6-16,23,32H,17-22,24-25H2,1-5H3,(H,38,40)(H,41,42)/t32-/m0/s1. The number of amides is 2. The molecular weight excluding hydrogens is 600 g/mol. The summed E-state index contributed by atoms with van der Waals surface area (Å²) in [5.74, 6) is -0.848. The van der Waals surface area contributed by atoms with Gasteiger partial charge in [-0.1, -0.05) is 60.7 Å². The van der Waals surface area contributed by atoms with Crippen LogP contribution in [0, 0.1) is 6.92 Å². The zero-order valence-corrected chi connectivity index (χ0v) is 28.3. The fourth-order valence-corrected chi connectivity index (χ4v) is 6.18. The number of ether oxygens (including phenoxy) is 2. The van der Waals surface area contributed by atoms with Gasteiger partial charge in [0, 0.05) is 25.1 Å². The number of piperidine rings is 1. The van der Waals surface area contributed by atoms with Gasteiger partial charge in [0.1, 0.15) is 11.6 Å². The highest BCUT2D eigenvalue weighted by Gasteiger charge is 2.38. The third kappa shape index (κ3) is 9.59. The molecule has 246 valence electrons. The number of hydrogen-bond donors (Lipinski definition) is 2. The number of aryl methyl sites for hydroxylation is 1. The van der Waals surface area contributed by atoms with Crippen LogP contribution in [-0.2, 0) is 27.3 Å². The molecule has 1 aliphatic heterocycles. The Hall–Kier alpha value is -3.82. The minimum Gasteiger partial charge on any atom is -0.480 e. The molecule has 1 fully saturated rings. The van der Waals surface area contributed by atoms with Crippen LogP contribution in [-0.4, -0.2) is 70.3 Å². The molecule has 1 aliphatic rings. The second-order valence-corrected chi connectivity index (χ2v) is 13.9. The number of carbonyl (C=O) groups excluding carboxylic acids is 2. The van der Waals surface area contributed by atoms with Gasteiger partial charge in [0.25, 0.3) is 5.91 Å². The number of carboxylic acids is 1. The van der Waals surface area contributed by atoms with Crippen molar-refractivity contribution in [3.05, 3.63) is 95.1 Å². The molecule has 0 unspecified atom stereocenters. The quantitative estimate of drug-likeness (QED) is 0.216. The molecule has 46 heavy (non-hydrogen) atoms. The molecule has 0 bridgehead atoms. The summed E-state index contributed by atoms with van der Waals surface area (Å²) in [6, 6.07) is 22.7. The van der Waals surface area contributed by atoms with E-state index in [1.165, 1.54) is 0 Å². The molecule has 9 heteroatoms. The molecule has 0 aromatic heterocycles. The van der Waals surface area contributed by atoms with Crippen LogP contribution in [0.4, 0.5) is 4.79 Å². The van der Waals surface area contributed by atoms with Crippen molar-refractivity contribution < 1.29 is 29.0 Å². The van der Waals surface area contributed by atoms with E-state index in [2.05, 4.69) is 17.4 Å². The maximum absolute atomic E-state index is 13.5. The molecule has 0 spiro atoms. The van der Waals surface area contributed by atoms with E-state index in [-0.39, 0.29) is 6.09 Å². The highest BCUT2D eigenvalue weighted by Crippen LogP contribution is 2.34. The lowest BCUT2D eigenvalue weighted by atomic mass is 9.85. The summed E-state index contributed by atoms with van der Waals surface area (Å²) in [6.45, 7) is 8.96. The zero-order chi connectivity index (χ0) is 33.3. The maximum Gasteiger partial charge on any atom is 0.410 e. The third-order valence-electron chi connectivity index (χ3n) is 8.22. The second-order valence-electron chi connectivity index (χ2n) is 12.9. The van der Waals surface area contributed by atoms with Gasteiger partial charge in [-0.25, -0.2) is 9.59 Å². The first-order valence-electron chi connectivity index (χ1n) is 15.8. The lowest BCUT2D eigenvalue weighted by Gasteiger charge is -2.42. The summed E-state index contributed by atoms with van der Waals surface area (Å²) in [7, 11) is 0. The van der Waals surface area contributed by atoms with Crippen LogP contribution in [0.3, 0.4) is 0 Å². The average Bonchev–Trinajstić information content (AvgIpc) is 3.02. The van der Waals surface area contributed by atoms with Crippen molar-refractivity contribution in [2.75, 3.05) is 25.1 Å². The van der Waals surface area contributed by atoms with Gasteiger partial charge in [0.15, 0.2) is 0 Å². The monoisotopic (exact) mass is 646 g/mol. The lowest BCUT2D eigenvalue weighted by molar-refractivity contribution is -0.139. The van der Waals surface area contributed by atoms with Crippen LogP contribution in [0.5, 0.6) is 0 Å². The molecule has 2 N–H and O–H groups in total. The molecule has 2 amide bonds. The normalized spacial score (nSPS) is 15.2. The molecule has 1 atom stereocenters. The van der Waals surface area contributed by atoms with E-state index in [0.717, 1.165) is 27.8 Å². The number of nitrogens with one attached hydrogen (secondary N) is 1. The number of thioether (sulfide) groups is 1. The number of rotatable bonds is 12. The summed E-state index contributed by atoms with van der Waals surface area (Å²) in [5, 5.41) is 12.5. The Morgan fingerprint density at radius 3 is 2.26 bits per heavy atom. The van der Waals surface area contributed by atoms with E-state index in [9.17, 15) is 19.5 Å². The number of carbonyl (C=O) groups is 3. The van der Waals surface area contributed by atoms with Gasteiger partial charge in [-0.2, -0.15) is 11.8 Å². The largest absolute Gasteiger partial charge is 0.480 e. The van der Waals surface area contributed by atoms with Crippen molar-refractivity contribution in [2.45, 2.75) is 77.2 Å². The van der Waals surface area contributed by atoms with Gasteiger partial charge >= 0.3 is 12.1 Å². The van der Waals surface area contributed by atoms with Crippen LogP contribution in [0.25, 0.3) is 11.1 Å². The molecule has 4 rings (SSSR count). The Kier molecular flexibility index (Phi) is 11.9. The molecule has 3 aromatic carbocycles. The minimum atomic E-state index is -1.05. The SMILES string of the molecule is CSCC[C@H](NC(=O)c1ccc(COC2(Cc3ccccc3)CCN(C(=O)OC(C)(C)C)CC2)cc1-c1ccccc1C)C(=O)O. The van der Waals surface area contributed by atoms with E-state index in [0.29, 0.717) is 56.7 Å². The summed E-state index contributed by atoms with van der Waals surface area (Å²) in [5.41, 5.74) is 4.04. The van der Waals surface area contributed by atoms with E-state index < -0.39 is 29.1 Å². The number of nitrogens with zero attached hydrogens (tertiary/aromatic N) is 1. The Morgan fingerprint density at radius 2 is 1.63 bits per heavy atom. The molecule has 0 saturated carbocycles. The van der Waals surface area contributed by atoms with E-state index in [1.54, 1.807) is 22.7 Å². The van der Waals surface area contributed by atoms with Gasteiger partial charge in [-0.15, -0.1) is 0 Å². The predicted octanol–water partition coefficient (Wildman–Crippen LogP) is 7.13. The smallest absolute Gasteiger partial charge is 0.410 e. The van der Waals surface area contributed by atoms with Crippen molar-refractivity contribution in [3.63, 3.8) is 0 Å². The molecule has 0 aliphatic carbocycles. The first-order chi connectivity index (χ1) is 21.9. The summed E-state index contributed by atoms with van der Waals surface area (Å²) < 4.78 is 12.4. The molecule has 1 saturated heterocycles. The molecular formula is C37H46N2O6S. The van der Waals surface area contributed by atoms with Crippen LogP contribution < -0.4 is 5.32 Å². The highest BCUT2D eigenvalue weighted by atomic mass is 32.2. The van der Waals surface area contributed by atoms with Crippen molar-refractivity contribution in [2.24, 2.45) is 0 Å². The van der Waals surface area contributed by atoms with Gasteiger partial charge in [0.05, 0.1) is 12.2 Å². The Balaban J connectivity index is 1.59. The van der Waals surface area contributed by atoms with Crippen molar-refractivity contribution >= 4 is 29.7 Å². The second kappa shape index (κ2) is 15.6. The van der Waals surface area contributed by atoms with Crippen molar-refractivity contribution in [3.8, 4) is 11.1 Å². The fraction of sp³-hybridized carbons (Fsp3) is 0.432. The van der Waals surface area contributed by atoms with Crippen molar-refractivity contribution in [1.82, 2.24) is 10.2 Å². The molecule has 8 nitrogen and oxygen atoms in total. The number of aliphatic carboxylic acids is 1. The number of benzene rings is 3.